The molecule has 0 bridgehead atoms. The van der Waals surface area contributed by atoms with Gasteiger partial charge in [0, 0.05) is 37.1 Å². The molecule has 4 atom stereocenters. The molecule has 6 nitrogen and oxygen atoms in total. The van der Waals surface area contributed by atoms with Crippen LogP contribution >= 0.6 is 0 Å². The van der Waals surface area contributed by atoms with Crippen molar-refractivity contribution in [3.05, 3.63) is 113 Å². The lowest BCUT2D eigenvalue weighted by molar-refractivity contribution is -0.137. The zero-order valence-electron chi connectivity index (χ0n) is 23.4. The Morgan fingerprint density at radius 3 is 2.63 bits per heavy atom. The molecule has 0 aliphatic heterocycles. The van der Waals surface area contributed by atoms with Crippen molar-refractivity contribution in [3.63, 3.8) is 0 Å². The molecule has 1 amide bonds. The van der Waals surface area contributed by atoms with E-state index in [0.29, 0.717) is 24.4 Å². The quantitative estimate of drug-likeness (QED) is 0.229. The second-order valence-corrected chi connectivity index (χ2v) is 12.4. The van der Waals surface area contributed by atoms with Gasteiger partial charge in [-0.05, 0) is 90.8 Å². The molecule has 224 valence electrons. The first-order valence-electron chi connectivity index (χ1n) is 14.1. The van der Waals surface area contributed by atoms with Crippen LogP contribution in [0.4, 0.5) is 23.2 Å². The highest BCUT2D eigenvalue weighted by Gasteiger charge is 2.46. The average Bonchev–Trinajstić information content (AvgIpc) is 3.69. The van der Waals surface area contributed by atoms with Gasteiger partial charge in [0.2, 0.25) is 5.91 Å². The van der Waals surface area contributed by atoms with Crippen molar-refractivity contribution in [2.45, 2.75) is 55.3 Å². The Balaban J connectivity index is 1.28. The van der Waals surface area contributed by atoms with Gasteiger partial charge in [-0.25, -0.2) is 18.3 Å². The topological polar surface area (TPSA) is 67.2 Å². The summed E-state index contributed by atoms with van der Waals surface area (Å²) in [6.45, 7) is 0.238. The summed E-state index contributed by atoms with van der Waals surface area (Å²) < 4.78 is 71.4. The van der Waals surface area contributed by atoms with E-state index in [2.05, 4.69) is 9.71 Å². The molecular formula is C32H30F4N4O2S. The third-order valence-corrected chi connectivity index (χ3v) is 9.45. The minimum Gasteiger partial charge on any atom is -0.337 e. The van der Waals surface area contributed by atoms with Crippen LogP contribution in [-0.4, -0.2) is 19.7 Å². The Kier molecular flexibility index (Phi) is 7.95. The number of hydrogen-bond acceptors (Lipinski definition) is 3. The van der Waals surface area contributed by atoms with Crippen LogP contribution < -0.4 is 9.62 Å². The Hall–Kier alpha value is -3.83. The largest absolute Gasteiger partial charge is 0.416 e. The van der Waals surface area contributed by atoms with Crippen LogP contribution in [0.2, 0.25) is 0 Å². The molecule has 1 aromatic heterocycles. The summed E-state index contributed by atoms with van der Waals surface area (Å²) in [4.78, 5) is 20.2. The zero-order valence-corrected chi connectivity index (χ0v) is 24.2. The molecule has 2 aliphatic rings. The van der Waals surface area contributed by atoms with Crippen LogP contribution in [-0.2, 0) is 42.0 Å². The zero-order chi connectivity index (χ0) is 30.3. The van der Waals surface area contributed by atoms with E-state index in [1.807, 2.05) is 36.0 Å². The number of alkyl halides is 3. The lowest BCUT2D eigenvalue weighted by Gasteiger charge is -2.29. The second kappa shape index (κ2) is 11.7. The third-order valence-electron chi connectivity index (χ3n) is 8.27. The number of halogens is 4. The Bertz CT molecular complexity index is 1670. The van der Waals surface area contributed by atoms with Crippen molar-refractivity contribution in [1.29, 1.82) is 0 Å². The van der Waals surface area contributed by atoms with Gasteiger partial charge in [-0.1, -0.05) is 24.3 Å². The highest BCUT2D eigenvalue weighted by atomic mass is 32.2. The highest BCUT2D eigenvalue weighted by Crippen LogP contribution is 2.49. The number of imidazole rings is 1. The fraction of sp³-hybridized carbons (Fsp3) is 0.312. The first-order valence-corrected chi connectivity index (χ1v) is 15.2. The molecule has 3 aromatic carbocycles. The summed E-state index contributed by atoms with van der Waals surface area (Å²) in [5.41, 5.74) is 2.63. The number of nitrogens with one attached hydrogen (secondary N) is 1. The molecule has 0 saturated heterocycles. The normalized spacial score (nSPS) is 20.3. The minimum atomic E-state index is -4.53. The number of nitrogens with zero attached hydrogens (tertiary/aromatic N) is 3. The predicted molar refractivity (Wildman–Crippen MR) is 155 cm³/mol. The average molecular weight is 611 g/mol. The van der Waals surface area contributed by atoms with E-state index in [1.54, 1.807) is 23.2 Å². The first kappa shape index (κ1) is 29.3. The lowest BCUT2D eigenvalue weighted by Crippen LogP contribution is -2.34. The SMILES string of the molecule is Cn1ccnc1CN(C(=O)[C@H]1C[C@@H]1c1ccc(F)cc1)c1ccc2c(c1)C(NS(=O)c1cccc(C(F)(F)F)c1)CCC2. The summed E-state index contributed by atoms with van der Waals surface area (Å²) in [5, 5.41) is 0. The van der Waals surface area contributed by atoms with Crippen molar-refractivity contribution in [2.24, 2.45) is 13.0 Å². The molecule has 2 unspecified atom stereocenters. The molecule has 43 heavy (non-hydrogen) atoms. The summed E-state index contributed by atoms with van der Waals surface area (Å²) in [5.74, 6) is 0.0494. The van der Waals surface area contributed by atoms with E-state index >= 15 is 0 Å². The van der Waals surface area contributed by atoms with Crippen molar-refractivity contribution in [2.75, 3.05) is 4.90 Å². The maximum atomic E-state index is 14.0. The molecule has 1 N–H and O–H groups in total. The highest BCUT2D eigenvalue weighted by molar-refractivity contribution is 7.83. The second-order valence-electron chi connectivity index (χ2n) is 11.1. The van der Waals surface area contributed by atoms with Crippen LogP contribution in [0.5, 0.6) is 0 Å². The van der Waals surface area contributed by atoms with Gasteiger partial charge in [0.25, 0.3) is 0 Å². The predicted octanol–water partition coefficient (Wildman–Crippen LogP) is 6.60. The summed E-state index contributed by atoms with van der Waals surface area (Å²) >= 11 is 0. The molecule has 1 saturated carbocycles. The molecule has 0 radical (unpaired) electrons. The van der Waals surface area contributed by atoms with E-state index in [0.717, 1.165) is 41.7 Å². The van der Waals surface area contributed by atoms with Crippen LogP contribution in [0, 0.1) is 11.7 Å². The summed E-state index contributed by atoms with van der Waals surface area (Å²) in [6, 6.07) is 16.2. The molecule has 1 heterocycles. The number of rotatable bonds is 8. The van der Waals surface area contributed by atoms with Crippen molar-refractivity contribution in [1.82, 2.24) is 14.3 Å². The summed E-state index contributed by atoms with van der Waals surface area (Å²) in [7, 11) is -0.0238. The first-order chi connectivity index (χ1) is 20.6. The van der Waals surface area contributed by atoms with Crippen molar-refractivity contribution < 1.29 is 26.6 Å². The molecule has 0 spiro atoms. The molecule has 6 rings (SSSR count). The maximum Gasteiger partial charge on any atom is 0.416 e. The Labute approximate surface area is 249 Å². The van der Waals surface area contributed by atoms with E-state index < -0.39 is 22.7 Å². The fourth-order valence-corrected chi connectivity index (χ4v) is 6.87. The Morgan fingerprint density at radius 2 is 1.91 bits per heavy atom. The van der Waals surface area contributed by atoms with Gasteiger partial charge >= 0.3 is 6.18 Å². The number of carbonyl (C=O) groups excluding carboxylic acids is 1. The van der Waals surface area contributed by atoms with Gasteiger partial charge in [-0.15, -0.1) is 0 Å². The van der Waals surface area contributed by atoms with Gasteiger partial charge in [0.05, 0.1) is 17.0 Å². The van der Waals surface area contributed by atoms with E-state index in [1.165, 1.54) is 24.3 Å². The third kappa shape index (κ3) is 6.28. The maximum absolute atomic E-state index is 14.0. The van der Waals surface area contributed by atoms with Crippen LogP contribution in [0.25, 0.3) is 0 Å². The standard InChI is InChI=1S/C32H30F4N4O2S/c1-39-15-14-37-30(39)19-40(31(41)28-18-26(28)21-8-11-23(33)12-9-21)24-13-10-20-4-2-7-29(27(20)17-24)38-43(42)25-6-3-5-22(16-25)32(34,35)36/h3,5-6,8-17,26,28-29,38H,2,4,7,18-19H2,1H3/t26-,28+,29?,43?/m1/s1. The number of aryl methyl sites for hydroxylation is 2. The van der Waals surface area contributed by atoms with Gasteiger partial charge < -0.3 is 9.47 Å². The number of aromatic nitrogens is 2. The number of benzene rings is 3. The van der Waals surface area contributed by atoms with Crippen LogP contribution in [0.1, 0.15) is 59.3 Å². The van der Waals surface area contributed by atoms with E-state index in [9.17, 15) is 26.6 Å². The summed E-state index contributed by atoms with van der Waals surface area (Å²) in [6.07, 6.45) is 1.87. The van der Waals surface area contributed by atoms with Crippen molar-refractivity contribution in [3.8, 4) is 0 Å². The van der Waals surface area contributed by atoms with Crippen LogP contribution in [0.15, 0.2) is 84.0 Å². The number of hydrogen-bond donors (Lipinski definition) is 1. The molecule has 4 aromatic rings. The lowest BCUT2D eigenvalue weighted by atomic mass is 9.87. The van der Waals surface area contributed by atoms with Gasteiger partial charge in [-0.3, -0.25) is 4.79 Å². The van der Waals surface area contributed by atoms with Gasteiger partial charge in [0.15, 0.2) is 0 Å². The van der Waals surface area contributed by atoms with Crippen molar-refractivity contribution >= 4 is 22.6 Å². The molecule has 2 aliphatic carbocycles. The number of fused-ring (bicyclic) bond motifs is 1. The number of carbonyl (C=O) groups is 1. The van der Waals surface area contributed by atoms with Crippen LogP contribution in [0.3, 0.4) is 0 Å². The fourth-order valence-electron chi connectivity index (χ4n) is 5.79. The van der Waals surface area contributed by atoms with Gasteiger partial charge in [-0.2, -0.15) is 13.2 Å². The Morgan fingerprint density at radius 1 is 1.12 bits per heavy atom. The smallest absolute Gasteiger partial charge is 0.337 e. The molecule has 11 heteroatoms. The molecule has 1 fully saturated rings. The van der Waals surface area contributed by atoms with Gasteiger partial charge in [0.1, 0.15) is 22.6 Å². The van der Waals surface area contributed by atoms with E-state index in [-0.39, 0.29) is 41.0 Å². The number of amides is 1. The van der Waals surface area contributed by atoms with E-state index in [4.69, 9.17) is 0 Å². The number of anilines is 1. The monoisotopic (exact) mass is 610 g/mol. The minimum absolute atomic E-state index is 0.00102. The molecular weight excluding hydrogens is 580 g/mol.